The summed E-state index contributed by atoms with van der Waals surface area (Å²) in [5, 5.41) is 7.46. The lowest BCUT2D eigenvalue weighted by Gasteiger charge is -2.10. The summed E-state index contributed by atoms with van der Waals surface area (Å²) in [7, 11) is 1.57. The third kappa shape index (κ3) is 3.36. The molecule has 0 aliphatic heterocycles. The Labute approximate surface area is 172 Å². The van der Waals surface area contributed by atoms with E-state index in [1.54, 1.807) is 14.0 Å². The summed E-state index contributed by atoms with van der Waals surface area (Å²) in [4.78, 5) is 29.2. The Bertz CT molecular complexity index is 1170. The van der Waals surface area contributed by atoms with Gasteiger partial charge < -0.3 is 11.1 Å². The summed E-state index contributed by atoms with van der Waals surface area (Å²) in [5.74, 6) is -1.29. The van der Waals surface area contributed by atoms with Gasteiger partial charge in [-0.2, -0.15) is 5.10 Å². The maximum Gasteiger partial charge on any atom is 0.280 e. The molecule has 3 aromatic rings. The molecule has 152 valence electrons. The number of fused-ring (bicyclic) bond motifs is 1. The van der Waals surface area contributed by atoms with E-state index in [2.05, 4.69) is 15.4 Å². The van der Waals surface area contributed by atoms with Crippen molar-refractivity contribution in [2.24, 2.45) is 12.8 Å². The van der Waals surface area contributed by atoms with Gasteiger partial charge in [0.25, 0.3) is 18.2 Å². The Morgan fingerprint density at radius 3 is 2.62 bits per heavy atom. The van der Waals surface area contributed by atoms with E-state index in [-0.39, 0.29) is 37.7 Å². The number of amides is 2. The molecule has 0 bridgehead atoms. The normalized spacial score (nSPS) is 14.0. The average Bonchev–Trinajstić information content (AvgIpc) is 3.37. The minimum Gasteiger partial charge on any atom is -0.365 e. The quantitative estimate of drug-likeness (QED) is 0.623. The van der Waals surface area contributed by atoms with Crippen LogP contribution in [0, 0.1) is 6.92 Å². The van der Waals surface area contributed by atoms with Crippen LogP contribution >= 0.6 is 22.9 Å². The topological polar surface area (TPSA) is 103 Å². The van der Waals surface area contributed by atoms with E-state index in [1.807, 2.05) is 0 Å². The SMILES string of the molecule is Cc1nn(C)c(C(=O)Nc2c(C(N)=O)sc3nc(C(F)F)cc(C4CC4)c23)c1Cl. The van der Waals surface area contributed by atoms with Crippen LogP contribution in [-0.2, 0) is 7.05 Å². The Balaban J connectivity index is 1.89. The smallest absolute Gasteiger partial charge is 0.280 e. The van der Waals surface area contributed by atoms with Crippen LogP contribution in [0.3, 0.4) is 0 Å². The number of hydrogen-bond donors (Lipinski definition) is 2. The summed E-state index contributed by atoms with van der Waals surface area (Å²) in [6, 6.07) is 1.35. The molecule has 1 aliphatic carbocycles. The molecule has 3 aromatic heterocycles. The van der Waals surface area contributed by atoms with Crippen LogP contribution in [0.1, 0.15) is 62.3 Å². The first kappa shape index (κ1) is 19.7. The highest BCUT2D eigenvalue weighted by atomic mass is 35.5. The molecule has 7 nitrogen and oxygen atoms in total. The molecule has 1 saturated carbocycles. The first-order chi connectivity index (χ1) is 13.7. The summed E-state index contributed by atoms with van der Waals surface area (Å²) < 4.78 is 27.9. The van der Waals surface area contributed by atoms with Gasteiger partial charge in [0.15, 0.2) is 0 Å². The Hall–Kier alpha value is -2.59. The van der Waals surface area contributed by atoms with Crippen LogP contribution in [0.2, 0.25) is 5.02 Å². The number of rotatable bonds is 5. The highest BCUT2D eigenvalue weighted by Crippen LogP contribution is 2.48. The van der Waals surface area contributed by atoms with Crippen molar-refractivity contribution in [1.29, 1.82) is 0 Å². The number of primary amides is 1. The number of carbonyl (C=O) groups excluding carboxylic acids is 2. The largest absolute Gasteiger partial charge is 0.365 e. The van der Waals surface area contributed by atoms with Gasteiger partial charge in [0.1, 0.15) is 21.1 Å². The van der Waals surface area contributed by atoms with Crippen LogP contribution in [0.5, 0.6) is 0 Å². The number of thiophene rings is 1. The van der Waals surface area contributed by atoms with Crippen molar-refractivity contribution in [3.63, 3.8) is 0 Å². The van der Waals surface area contributed by atoms with Gasteiger partial charge in [-0.25, -0.2) is 13.8 Å². The first-order valence-corrected chi connectivity index (χ1v) is 9.94. The molecule has 4 rings (SSSR count). The minimum absolute atomic E-state index is 0.0455. The van der Waals surface area contributed by atoms with Crippen molar-refractivity contribution in [1.82, 2.24) is 14.8 Å². The molecule has 3 heterocycles. The van der Waals surface area contributed by atoms with Crippen LogP contribution in [0.25, 0.3) is 10.2 Å². The van der Waals surface area contributed by atoms with Gasteiger partial charge in [-0.05, 0) is 37.3 Å². The monoisotopic (exact) mass is 439 g/mol. The second-order valence-corrected chi connectivity index (χ2v) is 8.26. The molecule has 3 N–H and O–H groups in total. The van der Waals surface area contributed by atoms with Crippen molar-refractivity contribution < 1.29 is 18.4 Å². The Kier molecular flexibility index (Phi) is 4.78. The highest BCUT2D eigenvalue weighted by molar-refractivity contribution is 7.21. The van der Waals surface area contributed by atoms with Crippen LogP contribution in [-0.4, -0.2) is 26.6 Å². The number of hydrogen-bond acceptors (Lipinski definition) is 5. The van der Waals surface area contributed by atoms with Crippen molar-refractivity contribution in [2.45, 2.75) is 32.1 Å². The molecule has 0 aromatic carbocycles. The first-order valence-electron chi connectivity index (χ1n) is 8.74. The van der Waals surface area contributed by atoms with E-state index in [4.69, 9.17) is 17.3 Å². The second-order valence-electron chi connectivity index (χ2n) is 6.89. The molecule has 0 radical (unpaired) electrons. The van der Waals surface area contributed by atoms with E-state index in [0.29, 0.717) is 16.6 Å². The number of halogens is 3. The minimum atomic E-state index is -2.75. The number of nitrogens with two attached hydrogens (primary N) is 1. The number of anilines is 1. The number of aryl methyl sites for hydroxylation is 2. The summed E-state index contributed by atoms with van der Waals surface area (Å²) in [6.45, 7) is 1.66. The van der Waals surface area contributed by atoms with Crippen LogP contribution in [0.4, 0.5) is 14.5 Å². The predicted octanol–water partition coefficient (Wildman–Crippen LogP) is 4.16. The van der Waals surface area contributed by atoms with Gasteiger partial charge in [-0.15, -0.1) is 11.3 Å². The van der Waals surface area contributed by atoms with E-state index >= 15 is 0 Å². The number of nitrogens with zero attached hydrogens (tertiary/aromatic N) is 3. The predicted molar refractivity (Wildman–Crippen MR) is 106 cm³/mol. The number of alkyl halides is 2. The molecule has 0 spiro atoms. The van der Waals surface area contributed by atoms with E-state index < -0.39 is 18.2 Å². The summed E-state index contributed by atoms with van der Waals surface area (Å²) in [5.41, 5.74) is 6.54. The summed E-state index contributed by atoms with van der Waals surface area (Å²) in [6.07, 6.45) is -1.07. The maximum absolute atomic E-state index is 13.3. The molecule has 0 atom stereocenters. The van der Waals surface area contributed by atoms with Gasteiger partial charge in [0, 0.05) is 12.4 Å². The lowest BCUT2D eigenvalue weighted by molar-refractivity contribution is 0.100. The molecule has 0 saturated heterocycles. The third-order valence-corrected chi connectivity index (χ3v) is 6.33. The number of carbonyl (C=O) groups is 2. The number of pyridine rings is 1. The van der Waals surface area contributed by atoms with Crippen molar-refractivity contribution in [3.8, 4) is 0 Å². The fourth-order valence-electron chi connectivity index (χ4n) is 3.32. The zero-order chi connectivity index (χ0) is 21.0. The molecule has 1 aliphatic rings. The number of nitrogens with one attached hydrogen (secondary N) is 1. The fourth-order valence-corrected chi connectivity index (χ4v) is 4.59. The van der Waals surface area contributed by atoms with Gasteiger partial charge >= 0.3 is 0 Å². The van der Waals surface area contributed by atoms with Gasteiger partial charge in [0.2, 0.25) is 0 Å². The molecule has 2 amide bonds. The lowest BCUT2D eigenvalue weighted by atomic mass is 10.0. The van der Waals surface area contributed by atoms with E-state index in [0.717, 1.165) is 24.2 Å². The lowest BCUT2D eigenvalue weighted by Crippen LogP contribution is -2.19. The molecular formula is C18H16ClF2N5O2S. The third-order valence-electron chi connectivity index (χ3n) is 4.78. The maximum atomic E-state index is 13.3. The van der Waals surface area contributed by atoms with Gasteiger partial charge in [0.05, 0.1) is 16.4 Å². The highest BCUT2D eigenvalue weighted by Gasteiger charge is 2.32. The Morgan fingerprint density at radius 1 is 1.41 bits per heavy atom. The fraction of sp³-hybridized carbons (Fsp3) is 0.333. The van der Waals surface area contributed by atoms with Crippen molar-refractivity contribution in [2.75, 3.05) is 5.32 Å². The molecular weight excluding hydrogens is 424 g/mol. The Morgan fingerprint density at radius 2 is 2.10 bits per heavy atom. The molecule has 1 fully saturated rings. The molecule has 29 heavy (non-hydrogen) atoms. The summed E-state index contributed by atoms with van der Waals surface area (Å²) >= 11 is 7.07. The molecule has 0 unspecified atom stereocenters. The zero-order valence-electron chi connectivity index (χ0n) is 15.4. The second kappa shape index (κ2) is 7.03. The zero-order valence-corrected chi connectivity index (χ0v) is 17.0. The van der Waals surface area contributed by atoms with Crippen LogP contribution in [0.15, 0.2) is 6.07 Å². The van der Waals surface area contributed by atoms with E-state index in [9.17, 15) is 18.4 Å². The average molecular weight is 440 g/mol. The molecule has 11 heteroatoms. The van der Waals surface area contributed by atoms with Crippen LogP contribution < -0.4 is 11.1 Å². The van der Waals surface area contributed by atoms with Crippen molar-refractivity contribution in [3.05, 3.63) is 38.6 Å². The number of aromatic nitrogens is 3. The van der Waals surface area contributed by atoms with E-state index in [1.165, 1.54) is 10.7 Å². The van der Waals surface area contributed by atoms with Gasteiger partial charge in [-0.3, -0.25) is 14.3 Å². The van der Waals surface area contributed by atoms with Crippen molar-refractivity contribution >= 4 is 50.7 Å². The van der Waals surface area contributed by atoms with Gasteiger partial charge in [-0.1, -0.05) is 11.6 Å². The standard InChI is InChI=1S/C18H16ClF2N5O2S/c1-6-11(19)13(26(2)25-6)17(28)24-12-10-8(7-3-4-7)5-9(15(20)21)23-18(10)29-14(12)16(22)27/h5,7,15H,3-4H2,1-2H3,(H2,22,27)(H,24,28).